The van der Waals surface area contributed by atoms with Crippen LogP contribution in [0, 0.1) is 0 Å². The molecule has 0 aliphatic rings. The van der Waals surface area contributed by atoms with E-state index in [1.807, 2.05) is 6.92 Å². The minimum atomic E-state index is -0.112. The van der Waals surface area contributed by atoms with Gasteiger partial charge in [0.1, 0.15) is 0 Å². The zero-order chi connectivity index (χ0) is 15.4. The number of nitrogens with two attached hydrogens (primary N) is 1. The number of ether oxygens (including phenoxy) is 1. The molecule has 0 saturated heterocycles. The number of hydrazone groups is 1. The van der Waals surface area contributed by atoms with E-state index in [9.17, 15) is 5.11 Å². The fraction of sp³-hybridized carbons (Fsp3) is 0.250. The van der Waals surface area contributed by atoms with Crippen LogP contribution in [-0.4, -0.2) is 33.3 Å². The number of aryl methyl sites for hydroxylation is 1. The van der Waals surface area contributed by atoms with Gasteiger partial charge in [-0.3, -0.25) is 0 Å². The number of halogens is 3. The molecule has 2 aromatic rings. The average Bonchev–Trinajstić information content (AvgIpc) is 2.83. The number of rotatable bonds is 5. The first-order valence-corrected chi connectivity index (χ1v) is 6.49. The third kappa shape index (κ3) is 4.78. The molecule has 0 fully saturated rings. The monoisotopic (exact) mass is 382 g/mol. The predicted molar refractivity (Wildman–Crippen MR) is 94.9 cm³/mol. The molecule has 0 aliphatic heterocycles. The van der Waals surface area contributed by atoms with Gasteiger partial charge in [0.15, 0.2) is 17.3 Å². The molecule has 1 aromatic carbocycles. The van der Waals surface area contributed by atoms with Crippen LogP contribution in [0.1, 0.15) is 18.3 Å². The molecule has 11 heteroatoms. The number of nitrogens with zero attached hydrogens (tertiary/aromatic N) is 4. The van der Waals surface area contributed by atoms with E-state index >= 15 is 0 Å². The van der Waals surface area contributed by atoms with Crippen LogP contribution in [0.2, 0.25) is 5.02 Å². The number of aromatic hydroxyl groups is 1. The van der Waals surface area contributed by atoms with Crippen LogP contribution in [0.4, 0.5) is 5.95 Å². The Labute approximate surface area is 150 Å². The van der Waals surface area contributed by atoms with Crippen molar-refractivity contribution in [1.29, 1.82) is 0 Å². The summed E-state index contributed by atoms with van der Waals surface area (Å²) in [5.74, 6) is 6.87. The first kappa shape index (κ1) is 21.1. The Bertz CT molecular complexity index is 677. The fourth-order valence-electron chi connectivity index (χ4n) is 1.63. The molecular formula is C12H17Cl3N6O2. The summed E-state index contributed by atoms with van der Waals surface area (Å²) in [5, 5.41) is 21.5. The van der Waals surface area contributed by atoms with Crippen LogP contribution in [0.5, 0.6) is 11.5 Å². The standard InChI is InChI=1S/C12H15ClN6O2.2ClH/c1-3-10-16-18-12(19(10)14)17-15-6-7-4-8(13)11(20)9(5-7)21-2;;/h4-6,20H,3,14H2,1-2H3,(H,17,18);2*1H/b15-6-;;. The summed E-state index contributed by atoms with van der Waals surface area (Å²) >= 11 is 5.88. The van der Waals surface area contributed by atoms with Gasteiger partial charge >= 0.3 is 0 Å². The lowest BCUT2D eigenvalue weighted by Crippen LogP contribution is -2.14. The maximum absolute atomic E-state index is 9.64. The van der Waals surface area contributed by atoms with Crippen molar-refractivity contribution in [3.8, 4) is 11.5 Å². The van der Waals surface area contributed by atoms with Crippen LogP contribution in [-0.2, 0) is 6.42 Å². The molecular weight excluding hydrogens is 367 g/mol. The number of methoxy groups -OCH3 is 1. The van der Waals surface area contributed by atoms with Crippen molar-refractivity contribution in [3.05, 3.63) is 28.5 Å². The zero-order valence-electron chi connectivity index (χ0n) is 12.4. The average molecular weight is 384 g/mol. The van der Waals surface area contributed by atoms with Crippen molar-refractivity contribution in [2.24, 2.45) is 5.10 Å². The Kier molecular flexibility index (Phi) is 8.52. The summed E-state index contributed by atoms with van der Waals surface area (Å²) in [6, 6.07) is 3.15. The Morgan fingerprint density at radius 3 is 2.70 bits per heavy atom. The highest BCUT2D eigenvalue weighted by Crippen LogP contribution is 2.34. The van der Waals surface area contributed by atoms with Crippen molar-refractivity contribution in [2.75, 3.05) is 18.4 Å². The van der Waals surface area contributed by atoms with E-state index in [1.54, 1.807) is 12.1 Å². The van der Waals surface area contributed by atoms with Crippen LogP contribution < -0.4 is 16.0 Å². The highest BCUT2D eigenvalue weighted by atomic mass is 35.5. The van der Waals surface area contributed by atoms with Crippen LogP contribution in [0.3, 0.4) is 0 Å². The lowest BCUT2D eigenvalue weighted by molar-refractivity contribution is 0.373. The number of hydrogen-bond acceptors (Lipinski definition) is 7. The minimum absolute atomic E-state index is 0. The highest BCUT2D eigenvalue weighted by Gasteiger charge is 2.08. The summed E-state index contributed by atoms with van der Waals surface area (Å²) in [6.45, 7) is 1.92. The third-order valence-corrected chi connectivity index (χ3v) is 3.02. The molecule has 0 saturated carbocycles. The molecule has 0 radical (unpaired) electrons. The van der Waals surface area contributed by atoms with Gasteiger partial charge in [0.05, 0.1) is 18.3 Å². The number of aromatic nitrogens is 3. The quantitative estimate of drug-likeness (QED) is 0.415. The number of anilines is 1. The molecule has 1 heterocycles. The Balaban J connectivity index is 0.00000242. The lowest BCUT2D eigenvalue weighted by Gasteiger charge is -2.06. The highest BCUT2D eigenvalue weighted by molar-refractivity contribution is 6.32. The van der Waals surface area contributed by atoms with Crippen molar-refractivity contribution < 1.29 is 9.84 Å². The van der Waals surface area contributed by atoms with E-state index in [0.29, 0.717) is 23.8 Å². The van der Waals surface area contributed by atoms with Gasteiger partial charge in [-0.15, -0.1) is 35.0 Å². The molecule has 0 spiro atoms. The number of phenols is 1. The predicted octanol–water partition coefficient (Wildman–Crippen LogP) is 2.21. The second kappa shape index (κ2) is 9.29. The van der Waals surface area contributed by atoms with Crippen LogP contribution in [0.25, 0.3) is 0 Å². The van der Waals surface area contributed by atoms with E-state index in [1.165, 1.54) is 18.0 Å². The largest absolute Gasteiger partial charge is 0.503 e. The first-order chi connectivity index (χ1) is 10.1. The summed E-state index contributed by atoms with van der Waals surface area (Å²) in [5.41, 5.74) is 3.31. The van der Waals surface area contributed by atoms with Crippen molar-refractivity contribution in [1.82, 2.24) is 14.9 Å². The number of nitrogens with one attached hydrogen (secondary N) is 1. The second-order valence-corrected chi connectivity index (χ2v) is 4.49. The molecule has 0 unspecified atom stereocenters. The molecule has 1 aromatic heterocycles. The van der Waals surface area contributed by atoms with E-state index in [2.05, 4.69) is 20.7 Å². The fourth-order valence-corrected chi connectivity index (χ4v) is 1.85. The SMILES string of the molecule is CCc1nnc(N/N=C\c2cc(Cl)c(O)c(OC)c2)n1N.Cl.Cl. The van der Waals surface area contributed by atoms with Gasteiger partial charge in [-0.05, 0) is 17.7 Å². The normalized spacial score (nSPS) is 10.0. The number of benzene rings is 1. The molecule has 2 rings (SSSR count). The molecule has 23 heavy (non-hydrogen) atoms. The van der Waals surface area contributed by atoms with Gasteiger partial charge in [0.25, 0.3) is 5.95 Å². The summed E-state index contributed by atoms with van der Waals surface area (Å²) in [4.78, 5) is 0. The van der Waals surface area contributed by atoms with Crippen LogP contribution in [0.15, 0.2) is 17.2 Å². The van der Waals surface area contributed by atoms with Crippen molar-refractivity contribution in [3.63, 3.8) is 0 Å². The molecule has 4 N–H and O–H groups in total. The van der Waals surface area contributed by atoms with Gasteiger partial charge in [0.2, 0.25) is 0 Å². The van der Waals surface area contributed by atoms with Gasteiger partial charge in [-0.25, -0.2) is 10.1 Å². The van der Waals surface area contributed by atoms with E-state index < -0.39 is 0 Å². The molecule has 8 nitrogen and oxygen atoms in total. The maximum atomic E-state index is 9.64. The maximum Gasteiger partial charge on any atom is 0.263 e. The minimum Gasteiger partial charge on any atom is -0.503 e. The summed E-state index contributed by atoms with van der Waals surface area (Å²) < 4.78 is 6.33. The third-order valence-electron chi connectivity index (χ3n) is 2.73. The van der Waals surface area contributed by atoms with Gasteiger partial charge in [-0.2, -0.15) is 5.10 Å². The molecule has 0 amide bonds. The Hall–Kier alpha value is -1.90. The molecule has 0 bridgehead atoms. The topological polar surface area (TPSA) is 111 Å². The van der Waals surface area contributed by atoms with E-state index in [-0.39, 0.29) is 41.3 Å². The summed E-state index contributed by atoms with van der Waals surface area (Å²) in [6.07, 6.45) is 2.16. The van der Waals surface area contributed by atoms with Gasteiger partial charge in [0, 0.05) is 6.42 Å². The van der Waals surface area contributed by atoms with Crippen molar-refractivity contribution in [2.45, 2.75) is 13.3 Å². The number of phenolic OH excluding ortho intramolecular Hbond substituents is 1. The summed E-state index contributed by atoms with van der Waals surface area (Å²) in [7, 11) is 1.44. The smallest absolute Gasteiger partial charge is 0.263 e. The second-order valence-electron chi connectivity index (χ2n) is 4.09. The lowest BCUT2D eigenvalue weighted by atomic mass is 10.2. The molecule has 0 atom stereocenters. The number of nitrogen functional groups attached to an aromatic ring is 1. The molecule has 0 aliphatic carbocycles. The zero-order valence-corrected chi connectivity index (χ0v) is 14.7. The Morgan fingerprint density at radius 2 is 2.13 bits per heavy atom. The van der Waals surface area contributed by atoms with Gasteiger partial charge < -0.3 is 15.7 Å². The molecule has 128 valence electrons. The van der Waals surface area contributed by atoms with Crippen LogP contribution >= 0.6 is 36.4 Å². The van der Waals surface area contributed by atoms with Crippen molar-refractivity contribution >= 4 is 48.6 Å². The van der Waals surface area contributed by atoms with E-state index in [0.717, 1.165) is 0 Å². The first-order valence-electron chi connectivity index (χ1n) is 6.11. The van der Waals surface area contributed by atoms with E-state index in [4.69, 9.17) is 22.2 Å². The Morgan fingerprint density at radius 1 is 1.43 bits per heavy atom. The number of hydrogen-bond donors (Lipinski definition) is 3. The van der Waals surface area contributed by atoms with Gasteiger partial charge in [-0.1, -0.05) is 18.5 Å².